The van der Waals surface area contributed by atoms with Crippen LogP contribution >= 0.6 is 11.6 Å². The molecule has 0 bridgehead atoms. The molecule has 18 heavy (non-hydrogen) atoms. The largest absolute Gasteiger partial charge is 0.294 e. The van der Waals surface area contributed by atoms with Gasteiger partial charge in [0.05, 0.1) is 9.95 Å². The summed E-state index contributed by atoms with van der Waals surface area (Å²) in [5.41, 5.74) is -0.362. The Balaban J connectivity index is 2.19. The summed E-state index contributed by atoms with van der Waals surface area (Å²) in [4.78, 5) is 21.6. The molecule has 1 aromatic carbocycles. The van der Waals surface area contributed by atoms with Crippen molar-refractivity contribution in [2.24, 2.45) is 5.92 Å². The topological polar surface area (TPSA) is 60.2 Å². The van der Waals surface area contributed by atoms with Gasteiger partial charge < -0.3 is 0 Å². The molecule has 0 saturated heterocycles. The number of benzene rings is 1. The van der Waals surface area contributed by atoms with Crippen molar-refractivity contribution in [1.82, 2.24) is 0 Å². The second kappa shape index (κ2) is 4.28. The summed E-state index contributed by atoms with van der Waals surface area (Å²) < 4.78 is 25.4. The van der Waals surface area contributed by atoms with Crippen molar-refractivity contribution in [3.63, 3.8) is 0 Å². The summed E-state index contributed by atoms with van der Waals surface area (Å²) >= 11 is 5.74. The van der Waals surface area contributed by atoms with Gasteiger partial charge in [-0.2, -0.15) is 0 Å². The van der Waals surface area contributed by atoms with Crippen molar-refractivity contribution in [3.05, 3.63) is 38.9 Å². The van der Waals surface area contributed by atoms with E-state index in [9.17, 15) is 23.7 Å². The van der Waals surface area contributed by atoms with E-state index in [0.717, 1.165) is 12.1 Å². The van der Waals surface area contributed by atoms with Gasteiger partial charge >= 0.3 is 0 Å². The van der Waals surface area contributed by atoms with Crippen LogP contribution in [0.15, 0.2) is 18.2 Å². The van der Waals surface area contributed by atoms with Gasteiger partial charge in [-0.15, -0.1) is 0 Å². The molecule has 1 aliphatic rings. The molecule has 0 amide bonds. The van der Waals surface area contributed by atoms with Crippen molar-refractivity contribution in [1.29, 1.82) is 0 Å². The number of ketones is 1. The zero-order valence-electron chi connectivity index (χ0n) is 9.03. The van der Waals surface area contributed by atoms with Crippen molar-refractivity contribution < 1.29 is 18.5 Å². The van der Waals surface area contributed by atoms with Crippen LogP contribution in [-0.2, 0) is 0 Å². The lowest BCUT2D eigenvalue weighted by atomic mass is 10.0. The molecule has 1 atom stereocenters. The van der Waals surface area contributed by atoms with Crippen LogP contribution < -0.4 is 0 Å². The highest BCUT2D eigenvalue weighted by Gasteiger charge is 2.57. The molecule has 7 heteroatoms. The molecule has 2 rings (SSSR count). The van der Waals surface area contributed by atoms with E-state index in [0.29, 0.717) is 0 Å². The molecule has 0 radical (unpaired) electrons. The monoisotopic (exact) mass is 275 g/mol. The van der Waals surface area contributed by atoms with Gasteiger partial charge in [-0.3, -0.25) is 14.9 Å². The first-order valence-corrected chi connectivity index (χ1v) is 5.54. The van der Waals surface area contributed by atoms with Crippen LogP contribution in [0.2, 0.25) is 5.02 Å². The fourth-order valence-electron chi connectivity index (χ4n) is 1.67. The van der Waals surface area contributed by atoms with Gasteiger partial charge in [0, 0.05) is 36.5 Å². The van der Waals surface area contributed by atoms with E-state index >= 15 is 0 Å². The molecule has 0 heterocycles. The zero-order chi connectivity index (χ0) is 13.5. The maximum absolute atomic E-state index is 12.7. The second-order valence-corrected chi connectivity index (χ2v) is 4.62. The lowest BCUT2D eigenvalue weighted by molar-refractivity contribution is -0.384. The van der Waals surface area contributed by atoms with E-state index in [2.05, 4.69) is 0 Å². The van der Waals surface area contributed by atoms with Crippen LogP contribution in [0.5, 0.6) is 0 Å². The van der Waals surface area contributed by atoms with Crippen molar-refractivity contribution in [2.45, 2.75) is 18.8 Å². The first-order valence-electron chi connectivity index (χ1n) is 5.16. The molecule has 0 spiro atoms. The van der Waals surface area contributed by atoms with Crippen molar-refractivity contribution in [3.8, 4) is 0 Å². The van der Waals surface area contributed by atoms with Crippen LogP contribution in [0, 0.1) is 16.0 Å². The summed E-state index contributed by atoms with van der Waals surface area (Å²) in [5.74, 6) is -4.35. The first kappa shape index (κ1) is 12.9. The summed E-state index contributed by atoms with van der Waals surface area (Å²) in [5, 5.41) is 10.6. The fourth-order valence-corrected chi connectivity index (χ4v) is 1.89. The number of alkyl halides is 2. The quantitative estimate of drug-likeness (QED) is 0.480. The second-order valence-electron chi connectivity index (χ2n) is 4.21. The van der Waals surface area contributed by atoms with Crippen LogP contribution in [0.25, 0.3) is 0 Å². The first-order chi connectivity index (χ1) is 8.31. The molecule has 96 valence electrons. The molecule has 0 aromatic heterocycles. The number of nitro benzene ring substituents is 1. The number of carbonyl (C=O) groups excluding carboxylic acids is 1. The van der Waals surface area contributed by atoms with Crippen LogP contribution in [-0.4, -0.2) is 16.6 Å². The van der Waals surface area contributed by atoms with Gasteiger partial charge in [-0.1, -0.05) is 11.6 Å². The third kappa shape index (κ3) is 2.48. The molecule has 1 unspecified atom stereocenters. The molecule has 1 aliphatic carbocycles. The Morgan fingerprint density at radius 1 is 1.56 bits per heavy atom. The zero-order valence-corrected chi connectivity index (χ0v) is 9.79. The molecular weight excluding hydrogens is 268 g/mol. The van der Waals surface area contributed by atoms with Crippen LogP contribution in [0.3, 0.4) is 0 Å². The highest BCUT2D eigenvalue weighted by Crippen LogP contribution is 2.51. The molecule has 0 N–H and O–H groups in total. The number of nitro groups is 1. The minimum absolute atomic E-state index is 0.0366. The molecule has 1 saturated carbocycles. The van der Waals surface area contributed by atoms with E-state index in [-0.39, 0.29) is 29.1 Å². The molecule has 1 fully saturated rings. The summed E-state index contributed by atoms with van der Waals surface area (Å²) in [6, 6.07) is 3.40. The lowest BCUT2D eigenvalue weighted by Gasteiger charge is -2.03. The van der Waals surface area contributed by atoms with Crippen molar-refractivity contribution in [2.75, 3.05) is 0 Å². The highest BCUT2D eigenvalue weighted by atomic mass is 35.5. The maximum Gasteiger partial charge on any atom is 0.270 e. The summed E-state index contributed by atoms with van der Waals surface area (Å²) in [6.07, 6.45) is -0.654. The van der Waals surface area contributed by atoms with E-state index in [1.54, 1.807) is 0 Å². The Kier molecular flexibility index (Phi) is 3.06. The normalized spacial score (nSPS) is 20.5. The van der Waals surface area contributed by atoms with E-state index in [1.807, 2.05) is 0 Å². The molecule has 1 aromatic rings. The van der Waals surface area contributed by atoms with Crippen LogP contribution in [0.4, 0.5) is 14.5 Å². The summed E-state index contributed by atoms with van der Waals surface area (Å²) in [7, 11) is 0. The Bertz CT molecular complexity index is 533. The standard InChI is InChI=1S/C11H8ClF2NO3/c12-9-2-1-7(15(17)18)4-8(9)10(16)3-6-5-11(6,13)14/h1-2,4,6H,3,5H2. The Morgan fingerprint density at radius 3 is 2.67 bits per heavy atom. The third-order valence-corrected chi connectivity index (χ3v) is 3.18. The van der Waals surface area contributed by atoms with E-state index in [1.165, 1.54) is 6.07 Å². The van der Waals surface area contributed by atoms with Crippen LogP contribution in [0.1, 0.15) is 23.2 Å². The van der Waals surface area contributed by atoms with Gasteiger partial charge in [0.25, 0.3) is 11.6 Å². The number of halogens is 3. The van der Waals surface area contributed by atoms with Crippen molar-refractivity contribution >= 4 is 23.1 Å². The number of carbonyl (C=O) groups is 1. The number of non-ortho nitro benzene ring substituents is 1. The maximum atomic E-state index is 12.7. The smallest absolute Gasteiger partial charge is 0.270 e. The Morgan fingerprint density at radius 2 is 2.17 bits per heavy atom. The molecule has 0 aliphatic heterocycles. The van der Waals surface area contributed by atoms with Gasteiger partial charge in [0.2, 0.25) is 0 Å². The van der Waals surface area contributed by atoms with E-state index < -0.39 is 22.5 Å². The predicted molar refractivity (Wildman–Crippen MR) is 60.1 cm³/mol. The van der Waals surface area contributed by atoms with Gasteiger partial charge in [0.15, 0.2) is 5.78 Å². The average Bonchev–Trinajstić information content (AvgIpc) is 2.85. The minimum Gasteiger partial charge on any atom is -0.294 e. The highest BCUT2D eigenvalue weighted by molar-refractivity contribution is 6.34. The Labute approximate surface area is 106 Å². The lowest BCUT2D eigenvalue weighted by Crippen LogP contribution is -2.05. The number of Topliss-reactive ketones (excluding diaryl/α,β-unsaturated/α-hetero) is 1. The number of hydrogen-bond donors (Lipinski definition) is 0. The van der Waals surface area contributed by atoms with Gasteiger partial charge in [-0.25, -0.2) is 8.78 Å². The molecule has 4 nitrogen and oxygen atoms in total. The predicted octanol–water partition coefficient (Wildman–Crippen LogP) is 3.48. The minimum atomic E-state index is -2.79. The number of hydrogen-bond acceptors (Lipinski definition) is 3. The van der Waals surface area contributed by atoms with Gasteiger partial charge in [0.1, 0.15) is 0 Å². The van der Waals surface area contributed by atoms with Gasteiger partial charge in [-0.05, 0) is 6.07 Å². The van der Waals surface area contributed by atoms with E-state index in [4.69, 9.17) is 11.6 Å². The SMILES string of the molecule is O=C(CC1CC1(F)F)c1cc([N+](=O)[O-])ccc1Cl. The Hall–Kier alpha value is -1.56. The number of nitrogens with zero attached hydrogens (tertiary/aromatic N) is 1. The third-order valence-electron chi connectivity index (χ3n) is 2.85. The molecular formula is C11H8ClF2NO3. The summed E-state index contributed by atoms with van der Waals surface area (Å²) in [6.45, 7) is 0. The average molecular weight is 276 g/mol. The fraction of sp³-hybridized carbons (Fsp3) is 0.364. The number of rotatable bonds is 4.